The van der Waals surface area contributed by atoms with Gasteiger partial charge in [-0.25, -0.2) is 9.97 Å². The molecule has 0 radical (unpaired) electrons. The fraction of sp³-hybridized carbons (Fsp3) is 0.655. The second-order valence-corrected chi connectivity index (χ2v) is 9.80. The van der Waals surface area contributed by atoms with Crippen molar-refractivity contribution >= 4 is 0 Å². The molecule has 0 aliphatic heterocycles. The van der Waals surface area contributed by atoms with Crippen molar-refractivity contribution in [2.75, 3.05) is 0 Å². The van der Waals surface area contributed by atoms with Gasteiger partial charge in [0, 0.05) is 23.4 Å². The largest absolute Gasteiger partial charge is 0.240 e. The van der Waals surface area contributed by atoms with Crippen LogP contribution in [-0.4, -0.2) is 9.97 Å². The van der Waals surface area contributed by atoms with Gasteiger partial charge >= 0.3 is 0 Å². The van der Waals surface area contributed by atoms with Gasteiger partial charge < -0.3 is 0 Å². The summed E-state index contributed by atoms with van der Waals surface area (Å²) in [7, 11) is 0. The molecule has 1 heterocycles. The minimum Gasteiger partial charge on any atom is -0.240 e. The van der Waals surface area contributed by atoms with Crippen molar-refractivity contribution in [1.82, 2.24) is 9.97 Å². The molecule has 0 amide bonds. The van der Waals surface area contributed by atoms with Crippen molar-refractivity contribution < 1.29 is 0 Å². The number of hydrogen-bond acceptors (Lipinski definition) is 2. The molecule has 1 aromatic carbocycles. The van der Waals surface area contributed by atoms with Gasteiger partial charge in [-0.3, -0.25) is 0 Å². The fourth-order valence-corrected chi connectivity index (χ4v) is 5.14. The van der Waals surface area contributed by atoms with Crippen LogP contribution in [0.25, 0.3) is 11.1 Å². The molecule has 1 fully saturated rings. The molecular formula is C29H44N2. The van der Waals surface area contributed by atoms with E-state index < -0.39 is 0 Å². The number of benzene rings is 1. The number of rotatable bonds is 12. The fourth-order valence-electron chi connectivity index (χ4n) is 5.14. The number of aromatic nitrogens is 2. The molecule has 0 unspecified atom stereocenters. The monoisotopic (exact) mass is 420 g/mol. The van der Waals surface area contributed by atoms with E-state index in [0.29, 0.717) is 5.92 Å². The maximum atomic E-state index is 4.96. The van der Waals surface area contributed by atoms with Crippen molar-refractivity contribution in [2.45, 2.75) is 117 Å². The zero-order chi connectivity index (χ0) is 21.9. The Hall–Kier alpha value is -1.70. The SMILES string of the molecule is CCCCCCCc1ccc(-c2cnc(C3CCC(CCCCC)CC3)nc2C)cc1. The number of nitrogens with zero attached hydrogens (tertiary/aromatic N) is 2. The quantitative estimate of drug-likeness (QED) is 0.320. The molecule has 0 saturated heterocycles. The van der Waals surface area contributed by atoms with Crippen LogP contribution in [0, 0.1) is 12.8 Å². The normalized spacial score (nSPS) is 18.9. The highest BCUT2D eigenvalue weighted by atomic mass is 14.9. The highest BCUT2D eigenvalue weighted by Gasteiger charge is 2.24. The standard InChI is InChI=1S/C29H44N2/c1-4-6-8-9-11-13-25-14-18-26(19-15-25)28-22-30-29(31-23(28)3)27-20-16-24(17-21-27)12-10-7-5-2/h14-15,18-19,22,24,27H,4-13,16-17,20-21H2,1-3H3. The van der Waals surface area contributed by atoms with E-state index in [4.69, 9.17) is 9.97 Å². The smallest absolute Gasteiger partial charge is 0.131 e. The van der Waals surface area contributed by atoms with Crippen LogP contribution in [0.15, 0.2) is 30.5 Å². The van der Waals surface area contributed by atoms with Gasteiger partial charge in [-0.1, -0.05) is 89.5 Å². The average molecular weight is 421 g/mol. The third-order valence-corrected chi connectivity index (χ3v) is 7.26. The summed E-state index contributed by atoms with van der Waals surface area (Å²) >= 11 is 0. The molecule has 0 bridgehead atoms. The van der Waals surface area contributed by atoms with E-state index in [0.717, 1.165) is 17.4 Å². The Bertz CT molecular complexity index is 757. The summed E-state index contributed by atoms with van der Waals surface area (Å²) in [6.45, 7) is 6.72. The van der Waals surface area contributed by atoms with E-state index in [1.54, 1.807) is 0 Å². The molecule has 0 N–H and O–H groups in total. The molecule has 0 atom stereocenters. The molecule has 1 aromatic heterocycles. The van der Waals surface area contributed by atoms with Crippen molar-refractivity contribution in [3.63, 3.8) is 0 Å². The summed E-state index contributed by atoms with van der Waals surface area (Å²) in [6, 6.07) is 9.10. The van der Waals surface area contributed by atoms with Gasteiger partial charge in [-0.05, 0) is 62.5 Å². The van der Waals surface area contributed by atoms with Crippen LogP contribution in [0.2, 0.25) is 0 Å². The van der Waals surface area contributed by atoms with Crippen LogP contribution in [0.4, 0.5) is 0 Å². The average Bonchev–Trinajstić information content (AvgIpc) is 2.80. The third-order valence-electron chi connectivity index (χ3n) is 7.26. The molecule has 2 heteroatoms. The minimum atomic E-state index is 0.560. The molecule has 1 aliphatic carbocycles. The van der Waals surface area contributed by atoms with Gasteiger partial charge in [0.2, 0.25) is 0 Å². The summed E-state index contributed by atoms with van der Waals surface area (Å²) < 4.78 is 0. The van der Waals surface area contributed by atoms with Crippen LogP contribution in [-0.2, 0) is 6.42 Å². The Labute approximate surface area is 191 Å². The number of hydrogen-bond donors (Lipinski definition) is 0. The molecule has 2 aromatic rings. The first-order valence-corrected chi connectivity index (χ1v) is 13.1. The molecule has 3 rings (SSSR count). The molecule has 31 heavy (non-hydrogen) atoms. The van der Waals surface area contributed by atoms with Crippen LogP contribution in [0.5, 0.6) is 0 Å². The maximum absolute atomic E-state index is 4.96. The Kier molecular flexibility index (Phi) is 10.0. The van der Waals surface area contributed by atoms with Crippen molar-refractivity contribution in [3.8, 4) is 11.1 Å². The first-order valence-electron chi connectivity index (χ1n) is 13.1. The lowest BCUT2D eigenvalue weighted by atomic mass is 9.79. The summed E-state index contributed by atoms with van der Waals surface area (Å²) in [4.78, 5) is 9.79. The topological polar surface area (TPSA) is 25.8 Å². The van der Waals surface area contributed by atoms with E-state index in [1.165, 1.54) is 107 Å². The van der Waals surface area contributed by atoms with E-state index in [1.807, 2.05) is 0 Å². The van der Waals surface area contributed by atoms with Crippen LogP contribution >= 0.6 is 0 Å². The highest BCUT2D eigenvalue weighted by Crippen LogP contribution is 2.37. The summed E-state index contributed by atoms with van der Waals surface area (Å²) in [5.41, 5.74) is 5.01. The summed E-state index contributed by atoms with van der Waals surface area (Å²) in [5, 5.41) is 0. The Morgan fingerprint density at radius 2 is 1.48 bits per heavy atom. The predicted molar refractivity (Wildman–Crippen MR) is 134 cm³/mol. The number of unbranched alkanes of at least 4 members (excludes halogenated alkanes) is 6. The van der Waals surface area contributed by atoms with E-state index >= 15 is 0 Å². The molecule has 1 aliphatic rings. The van der Waals surface area contributed by atoms with Crippen molar-refractivity contribution in [2.24, 2.45) is 5.92 Å². The van der Waals surface area contributed by atoms with Crippen molar-refractivity contribution in [1.29, 1.82) is 0 Å². The Morgan fingerprint density at radius 3 is 2.16 bits per heavy atom. The number of aryl methyl sites for hydroxylation is 2. The lowest BCUT2D eigenvalue weighted by Crippen LogP contribution is -2.16. The molecule has 170 valence electrons. The first-order chi connectivity index (χ1) is 15.2. The van der Waals surface area contributed by atoms with Gasteiger partial charge in [0.05, 0.1) is 0 Å². The lowest BCUT2D eigenvalue weighted by molar-refractivity contribution is 0.297. The minimum absolute atomic E-state index is 0.560. The van der Waals surface area contributed by atoms with Gasteiger partial charge in [0.1, 0.15) is 5.82 Å². The Morgan fingerprint density at radius 1 is 0.806 bits per heavy atom. The highest BCUT2D eigenvalue weighted by molar-refractivity contribution is 5.65. The van der Waals surface area contributed by atoms with Gasteiger partial charge in [0.15, 0.2) is 0 Å². The second kappa shape index (κ2) is 13.0. The third kappa shape index (κ3) is 7.44. The zero-order valence-corrected chi connectivity index (χ0v) is 20.3. The summed E-state index contributed by atoms with van der Waals surface area (Å²) in [6.07, 6.45) is 20.8. The van der Waals surface area contributed by atoms with Crippen LogP contribution < -0.4 is 0 Å². The van der Waals surface area contributed by atoms with E-state index in [-0.39, 0.29) is 0 Å². The summed E-state index contributed by atoms with van der Waals surface area (Å²) in [5.74, 6) is 2.58. The van der Waals surface area contributed by atoms with Gasteiger partial charge in [0.25, 0.3) is 0 Å². The molecule has 1 saturated carbocycles. The second-order valence-electron chi connectivity index (χ2n) is 9.80. The zero-order valence-electron chi connectivity index (χ0n) is 20.3. The predicted octanol–water partition coefficient (Wildman–Crippen LogP) is 8.82. The van der Waals surface area contributed by atoms with E-state index in [2.05, 4.69) is 51.2 Å². The first kappa shape index (κ1) is 24.0. The van der Waals surface area contributed by atoms with Crippen LogP contribution in [0.3, 0.4) is 0 Å². The van der Waals surface area contributed by atoms with Crippen molar-refractivity contribution in [3.05, 3.63) is 47.5 Å². The molecule has 0 spiro atoms. The Balaban J connectivity index is 1.52. The lowest BCUT2D eigenvalue weighted by Gasteiger charge is -2.28. The van der Waals surface area contributed by atoms with Gasteiger partial charge in [-0.2, -0.15) is 0 Å². The molecular weight excluding hydrogens is 376 g/mol. The maximum Gasteiger partial charge on any atom is 0.131 e. The van der Waals surface area contributed by atoms with Gasteiger partial charge in [-0.15, -0.1) is 0 Å². The van der Waals surface area contributed by atoms with Crippen LogP contribution in [0.1, 0.15) is 120 Å². The van der Waals surface area contributed by atoms with E-state index in [9.17, 15) is 0 Å². The molecule has 2 nitrogen and oxygen atoms in total.